The number of hydrogen-bond acceptors (Lipinski definition) is 2. The van der Waals surface area contributed by atoms with E-state index in [0.29, 0.717) is 18.9 Å². The van der Waals surface area contributed by atoms with Crippen LogP contribution in [0.5, 0.6) is 11.5 Å². The van der Waals surface area contributed by atoms with E-state index in [0.717, 1.165) is 42.6 Å². The number of fused-ring (bicyclic) bond motifs is 1. The van der Waals surface area contributed by atoms with Gasteiger partial charge in [-0.15, -0.1) is 0 Å². The Morgan fingerprint density at radius 3 is 2.10 bits per heavy atom. The minimum Gasteiger partial charge on any atom is -0.490 e. The summed E-state index contributed by atoms with van der Waals surface area (Å²) in [6.07, 6.45) is 11.8. The van der Waals surface area contributed by atoms with Crippen LogP contribution in [-0.2, 0) is 6.42 Å². The first-order valence-electron chi connectivity index (χ1n) is 12.3. The van der Waals surface area contributed by atoms with Gasteiger partial charge in [0.05, 0.1) is 12.7 Å². The number of halogens is 2. The van der Waals surface area contributed by atoms with E-state index >= 15 is 0 Å². The lowest BCUT2D eigenvalue weighted by molar-refractivity contribution is 0.123. The van der Waals surface area contributed by atoms with Crippen LogP contribution in [-0.4, -0.2) is 12.7 Å². The van der Waals surface area contributed by atoms with Gasteiger partial charge in [0.15, 0.2) is 11.5 Å². The zero-order chi connectivity index (χ0) is 21.7. The second kappa shape index (κ2) is 10.8. The Kier molecular flexibility index (Phi) is 8.42. The molecule has 2 aliphatic carbocycles. The van der Waals surface area contributed by atoms with Crippen LogP contribution in [0.2, 0.25) is 0 Å². The van der Waals surface area contributed by atoms with Crippen molar-refractivity contribution >= 4 is 0 Å². The number of ether oxygens (including phenoxy) is 2. The highest BCUT2D eigenvalue weighted by molar-refractivity contribution is 5.44. The van der Waals surface area contributed by atoms with E-state index in [4.69, 9.17) is 9.47 Å². The van der Waals surface area contributed by atoms with Gasteiger partial charge in [0, 0.05) is 5.56 Å². The van der Waals surface area contributed by atoms with Crippen molar-refractivity contribution in [3.63, 3.8) is 0 Å². The first-order valence-corrected chi connectivity index (χ1v) is 12.3. The molecular weight excluding hydrogens is 382 g/mol. The maximum atomic E-state index is 14.4. The molecule has 2 nitrogen and oxygen atoms in total. The first kappa shape index (κ1) is 23.3. The molecule has 2 fully saturated rings. The number of hydrogen-bond donors (Lipinski definition) is 0. The van der Waals surface area contributed by atoms with Gasteiger partial charge in [0.2, 0.25) is 11.6 Å². The van der Waals surface area contributed by atoms with Gasteiger partial charge in [-0.1, -0.05) is 33.6 Å². The van der Waals surface area contributed by atoms with Crippen LogP contribution in [0.15, 0.2) is 6.07 Å². The van der Waals surface area contributed by atoms with Gasteiger partial charge in [-0.2, -0.15) is 8.78 Å². The summed E-state index contributed by atoms with van der Waals surface area (Å²) in [6, 6.07) is 1.65. The molecule has 0 radical (unpaired) electrons. The molecule has 4 rings (SSSR count). The van der Waals surface area contributed by atoms with Crippen molar-refractivity contribution in [1.82, 2.24) is 0 Å². The van der Waals surface area contributed by atoms with E-state index < -0.39 is 11.6 Å². The van der Waals surface area contributed by atoms with Crippen molar-refractivity contribution in [2.45, 2.75) is 98.0 Å². The molecule has 1 aromatic rings. The third kappa shape index (κ3) is 5.48. The fourth-order valence-corrected chi connectivity index (χ4v) is 5.46. The van der Waals surface area contributed by atoms with Crippen LogP contribution >= 0.6 is 0 Å². The molecule has 1 unspecified atom stereocenters. The molecule has 0 amide bonds. The third-order valence-electron chi connectivity index (χ3n) is 7.44. The van der Waals surface area contributed by atoms with Crippen molar-refractivity contribution < 1.29 is 18.3 Å². The summed E-state index contributed by atoms with van der Waals surface area (Å²) >= 11 is 0. The summed E-state index contributed by atoms with van der Waals surface area (Å²) in [6.45, 7) is 8.75. The van der Waals surface area contributed by atoms with Crippen molar-refractivity contribution in [1.29, 1.82) is 0 Å². The van der Waals surface area contributed by atoms with Crippen molar-refractivity contribution in [2.24, 2.45) is 23.7 Å². The molecule has 0 saturated heterocycles. The summed E-state index contributed by atoms with van der Waals surface area (Å²) in [5.74, 6) is 1.46. The molecule has 0 N–H and O–H groups in total. The van der Waals surface area contributed by atoms with Gasteiger partial charge >= 0.3 is 0 Å². The molecule has 0 aromatic heterocycles. The number of benzene rings is 1. The number of rotatable bonds is 4. The van der Waals surface area contributed by atoms with Crippen LogP contribution in [0.1, 0.15) is 91.0 Å². The topological polar surface area (TPSA) is 18.5 Å². The molecule has 2 saturated carbocycles. The van der Waals surface area contributed by atoms with Gasteiger partial charge in [-0.25, -0.2) is 0 Å². The van der Waals surface area contributed by atoms with Crippen molar-refractivity contribution in [3.8, 4) is 11.5 Å². The highest BCUT2D eigenvalue weighted by atomic mass is 19.2. The molecule has 0 spiro atoms. The van der Waals surface area contributed by atoms with Gasteiger partial charge in [-0.05, 0) is 88.0 Å². The normalized spacial score (nSPS) is 31.1. The Balaban J connectivity index is 0.00000124. The van der Waals surface area contributed by atoms with Gasteiger partial charge in [0.1, 0.15) is 0 Å². The average Bonchev–Trinajstić information content (AvgIpc) is 2.78. The smallest absolute Gasteiger partial charge is 0.204 e. The minimum atomic E-state index is -0.905. The van der Waals surface area contributed by atoms with Gasteiger partial charge < -0.3 is 9.47 Å². The van der Waals surface area contributed by atoms with Crippen molar-refractivity contribution in [2.75, 3.05) is 6.61 Å². The molecular formula is C26H40F2O2. The summed E-state index contributed by atoms with van der Waals surface area (Å²) < 4.78 is 40.1. The van der Waals surface area contributed by atoms with Crippen LogP contribution in [0.25, 0.3) is 0 Å². The first-order chi connectivity index (χ1) is 14.5. The summed E-state index contributed by atoms with van der Waals surface area (Å²) in [4.78, 5) is 0. The van der Waals surface area contributed by atoms with E-state index in [1.165, 1.54) is 38.5 Å². The van der Waals surface area contributed by atoms with E-state index in [2.05, 4.69) is 6.92 Å². The molecule has 1 aromatic carbocycles. The SMILES string of the molecule is CC.CC1CCC(C2CCC(COc3cc4c(c(F)c3F)OC(C)CC4)CC2)CC1. The van der Waals surface area contributed by atoms with Gasteiger partial charge in [0.25, 0.3) is 0 Å². The third-order valence-corrected chi connectivity index (χ3v) is 7.44. The highest BCUT2D eigenvalue weighted by Crippen LogP contribution is 2.42. The molecule has 170 valence electrons. The molecule has 1 atom stereocenters. The largest absolute Gasteiger partial charge is 0.490 e. The standard InChI is InChI=1S/C24H34F2O2.C2H6/c1-15-3-8-18(9-4-15)19-11-6-17(7-12-19)14-27-21-13-20-10-5-16(2)28-24(20)23(26)22(21)25;1-2/h13,15-19H,3-12,14H2,1-2H3;1-2H3. The predicted octanol–water partition coefficient (Wildman–Crippen LogP) is 7.72. The summed E-state index contributed by atoms with van der Waals surface area (Å²) in [5, 5.41) is 0. The Labute approximate surface area is 181 Å². The van der Waals surface area contributed by atoms with Crippen LogP contribution in [0.3, 0.4) is 0 Å². The second-order valence-corrected chi connectivity index (χ2v) is 9.57. The quantitative estimate of drug-likeness (QED) is 0.494. The lowest BCUT2D eigenvalue weighted by Gasteiger charge is -2.37. The maximum absolute atomic E-state index is 14.4. The summed E-state index contributed by atoms with van der Waals surface area (Å²) in [7, 11) is 0. The Morgan fingerprint density at radius 2 is 1.47 bits per heavy atom. The van der Waals surface area contributed by atoms with Crippen LogP contribution < -0.4 is 9.47 Å². The number of aryl methyl sites for hydroxylation is 1. The van der Waals surface area contributed by atoms with E-state index in [1.807, 2.05) is 20.8 Å². The summed E-state index contributed by atoms with van der Waals surface area (Å²) in [5.41, 5.74) is 0.724. The minimum absolute atomic E-state index is 0.0535. The predicted molar refractivity (Wildman–Crippen MR) is 118 cm³/mol. The van der Waals surface area contributed by atoms with E-state index in [-0.39, 0.29) is 17.6 Å². The van der Waals surface area contributed by atoms with Crippen molar-refractivity contribution in [3.05, 3.63) is 23.3 Å². The zero-order valence-electron chi connectivity index (χ0n) is 19.3. The maximum Gasteiger partial charge on any atom is 0.204 e. The molecule has 0 bridgehead atoms. The molecule has 30 heavy (non-hydrogen) atoms. The second-order valence-electron chi connectivity index (χ2n) is 9.57. The van der Waals surface area contributed by atoms with Gasteiger partial charge in [-0.3, -0.25) is 0 Å². The van der Waals surface area contributed by atoms with E-state index in [9.17, 15) is 8.78 Å². The molecule has 4 heteroatoms. The van der Waals surface area contributed by atoms with Crippen LogP contribution in [0, 0.1) is 35.3 Å². The lowest BCUT2D eigenvalue weighted by Crippen LogP contribution is -2.27. The zero-order valence-corrected chi connectivity index (χ0v) is 19.3. The molecule has 3 aliphatic rings. The lowest BCUT2D eigenvalue weighted by atomic mass is 9.69. The van der Waals surface area contributed by atoms with Crippen LogP contribution in [0.4, 0.5) is 8.78 Å². The Morgan fingerprint density at radius 1 is 0.867 bits per heavy atom. The Bertz CT molecular complexity index is 674. The molecule has 1 heterocycles. The molecule has 1 aliphatic heterocycles. The monoisotopic (exact) mass is 422 g/mol. The fraction of sp³-hybridized carbons (Fsp3) is 0.769. The van der Waals surface area contributed by atoms with E-state index in [1.54, 1.807) is 6.07 Å². The average molecular weight is 423 g/mol. The Hall–Kier alpha value is -1.32. The fourth-order valence-electron chi connectivity index (χ4n) is 5.46. The highest BCUT2D eigenvalue weighted by Gasteiger charge is 2.31.